The van der Waals surface area contributed by atoms with Crippen LogP contribution in [0.25, 0.3) is 11.1 Å². The molecule has 214 valence electrons. The Morgan fingerprint density at radius 2 is 1.75 bits per heavy atom. The predicted molar refractivity (Wildman–Crippen MR) is 150 cm³/mol. The molecule has 3 aromatic carbocycles. The first-order chi connectivity index (χ1) is 19.2. The van der Waals surface area contributed by atoms with Gasteiger partial charge in [0, 0.05) is 12.7 Å². The molecule has 0 bridgehead atoms. The molecule has 2 atom stereocenters. The molecule has 0 saturated heterocycles. The summed E-state index contributed by atoms with van der Waals surface area (Å²) in [7, 11) is 4.56. The summed E-state index contributed by atoms with van der Waals surface area (Å²) in [5.74, 6) is -0.821. The van der Waals surface area contributed by atoms with Gasteiger partial charge in [0.1, 0.15) is 18.2 Å². The second kappa shape index (κ2) is 12.8. The number of ether oxygens (including phenoxy) is 4. The minimum absolute atomic E-state index is 0.0489. The summed E-state index contributed by atoms with van der Waals surface area (Å²) in [5.41, 5.74) is 3.20. The molecule has 40 heavy (non-hydrogen) atoms. The van der Waals surface area contributed by atoms with Crippen LogP contribution in [0.15, 0.2) is 54.6 Å². The lowest BCUT2D eigenvalue weighted by Crippen LogP contribution is -2.15. The Labute approximate surface area is 235 Å². The molecule has 1 fully saturated rings. The number of methoxy groups -OCH3 is 3. The van der Waals surface area contributed by atoms with E-state index in [1.807, 2.05) is 25.1 Å². The lowest BCUT2D eigenvalue weighted by atomic mass is 9.87. The summed E-state index contributed by atoms with van der Waals surface area (Å²) in [4.78, 5) is 11.9. The van der Waals surface area contributed by atoms with Crippen molar-refractivity contribution in [3.8, 4) is 22.6 Å². The third-order valence-electron chi connectivity index (χ3n) is 7.87. The van der Waals surface area contributed by atoms with Gasteiger partial charge in [-0.2, -0.15) is 0 Å². The Balaban J connectivity index is 1.66. The van der Waals surface area contributed by atoms with Gasteiger partial charge in [-0.25, -0.2) is 8.78 Å². The lowest BCUT2D eigenvalue weighted by molar-refractivity contribution is -0.141. The summed E-state index contributed by atoms with van der Waals surface area (Å²) in [5, 5.41) is 0. The maximum atomic E-state index is 15.6. The average molecular weight is 553 g/mol. The second-order valence-electron chi connectivity index (χ2n) is 10.8. The Bertz CT molecular complexity index is 1330. The third kappa shape index (κ3) is 6.47. The van der Waals surface area contributed by atoms with Crippen LogP contribution in [0.2, 0.25) is 0 Å². The summed E-state index contributed by atoms with van der Waals surface area (Å²) in [6.07, 6.45) is 3.32. The summed E-state index contributed by atoms with van der Waals surface area (Å²) in [6, 6.07) is 15.4. The third-order valence-corrected chi connectivity index (χ3v) is 7.87. The van der Waals surface area contributed by atoms with E-state index in [1.54, 1.807) is 44.6 Å². The largest absolute Gasteiger partial charge is 0.497 e. The Morgan fingerprint density at radius 3 is 2.40 bits per heavy atom. The van der Waals surface area contributed by atoms with Gasteiger partial charge in [-0.3, -0.25) is 4.79 Å². The number of carbonyl (C=O) groups excluding carboxylic acids is 1. The zero-order chi connectivity index (χ0) is 28.9. The monoisotopic (exact) mass is 552 g/mol. The number of carbonyl (C=O) groups is 1. The van der Waals surface area contributed by atoms with Crippen LogP contribution in [0, 0.1) is 17.0 Å². The maximum Gasteiger partial charge on any atom is 0.306 e. The van der Waals surface area contributed by atoms with Gasteiger partial charge in [0.2, 0.25) is 0 Å². The van der Waals surface area contributed by atoms with Crippen LogP contribution in [-0.2, 0) is 20.9 Å². The molecular formula is C33H38F2O5. The van der Waals surface area contributed by atoms with E-state index in [0.717, 1.165) is 36.0 Å². The first-order valence-electron chi connectivity index (χ1n) is 13.7. The molecular weight excluding hydrogens is 514 g/mol. The number of hydrogen-bond acceptors (Lipinski definition) is 5. The molecule has 0 aliphatic heterocycles. The fourth-order valence-electron chi connectivity index (χ4n) is 5.36. The summed E-state index contributed by atoms with van der Waals surface area (Å²) in [6.45, 7) is 4.27. The van der Waals surface area contributed by atoms with Crippen molar-refractivity contribution in [2.45, 2.75) is 64.6 Å². The van der Waals surface area contributed by atoms with Crippen molar-refractivity contribution in [2.75, 3.05) is 21.3 Å². The molecule has 4 rings (SSSR count). The molecule has 7 heteroatoms. The molecule has 1 aliphatic rings. The van der Waals surface area contributed by atoms with Crippen molar-refractivity contribution in [2.24, 2.45) is 5.41 Å². The van der Waals surface area contributed by atoms with Gasteiger partial charge in [0.25, 0.3) is 0 Å². The van der Waals surface area contributed by atoms with Gasteiger partial charge in [-0.1, -0.05) is 44.5 Å². The van der Waals surface area contributed by atoms with E-state index in [0.29, 0.717) is 23.3 Å². The van der Waals surface area contributed by atoms with Crippen LogP contribution in [-0.4, -0.2) is 27.3 Å². The first kappa shape index (κ1) is 29.5. The molecule has 0 spiro atoms. The minimum atomic E-state index is -0.472. The van der Waals surface area contributed by atoms with Gasteiger partial charge in [-0.15, -0.1) is 0 Å². The van der Waals surface area contributed by atoms with E-state index >= 15 is 8.78 Å². The van der Waals surface area contributed by atoms with Gasteiger partial charge in [0.05, 0.1) is 26.7 Å². The molecule has 3 aromatic rings. The second-order valence-corrected chi connectivity index (χ2v) is 10.8. The molecule has 0 heterocycles. The van der Waals surface area contributed by atoms with E-state index in [4.69, 9.17) is 18.9 Å². The lowest BCUT2D eigenvalue weighted by Gasteiger charge is -2.26. The number of halogens is 2. The Hall–Kier alpha value is -3.45. The molecule has 0 radical (unpaired) electrons. The molecule has 0 aromatic heterocycles. The Morgan fingerprint density at radius 1 is 0.975 bits per heavy atom. The predicted octanol–water partition coefficient (Wildman–Crippen LogP) is 8.15. The molecule has 0 unspecified atom stereocenters. The van der Waals surface area contributed by atoms with E-state index < -0.39 is 5.82 Å². The quantitative estimate of drug-likeness (QED) is 0.200. The van der Waals surface area contributed by atoms with Crippen LogP contribution >= 0.6 is 0 Å². The molecule has 0 N–H and O–H groups in total. The fourth-order valence-corrected chi connectivity index (χ4v) is 5.36. The van der Waals surface area contributed by atoms with Crippen LogP contribution in [0.5, 0.6) is 11.5 Å². The minimum Gasteiger partial charge on any atom is -0.497 e. The van der Waals surface area contributed by atoms with Crippen LogP contribution < -0.4 is 9.47 Å². The SMILES string of the molecule is CCC[C@@H](CC(=O)OC)c1cccc(OCc2ccc(-c3cc(OC)ccc3F)c([C@@H](OC)C3(C)CC3)c2)c1F. The van der Waals surface area contributed by atoms with Gasteiger partial charge in [-0.05, 0) is 83.2 Å². The van der Waals surface area contributed by atoms with Gasteiger partial charge < -0.3 is 18.9 Å². The molecule has 1 saturated carbocycles. The zero-order valence-electron chi connectivity index (χ0n) is 23.9. The van der Waals surface area contributed by atoms with Crippen LogP contribution in [0.4, 0.5) is 8.78 Å². The zero-order valence-corrected chi connectivity index (χ0v) is 23.9. The van der Waals surface area contributed by atoms with Crippen LogP contribution in [0.1, 0.15) is 74.7 Å². The number of rotatable bonds is 13. The highest BCUT2D eigenvalue weighted by atomic mass is 19.1. The maximum absolute atomic E-state index is 15.6. The van der Waals surface area contributed by atoms with Crippen LogP contribution in [0.3, 0.4) is 0 Å². The normalized spacial score (nSPS) is 15.3. The van der Waals surface area contributed by atoms with E-state index in [2.05, 4.69) is 6.92 Å². The number of hydrogen-bond donors (Lipinski definition) is 0. The highest BCUT2D eigenvalue weighted by molar-refractivity contribution is 5.71. The standard InChI is InChI=1S/C33H38F2O5/c1-6-8-22(18-30(36)38-4)24-9-7-10-29(31(24)35)40-20-21-11-13-25(26-19-23(37-3)12-14-28(26)34)27(17-21)32(39-5)33(2)15-16-33/h7,9-14,17,19,22,32H,6,8,15-16,18,20H2,1-5H3/t22-,32+/m0/s1. The topological polar surface area (TPSA) is 54.0 Å². The van der Waals surface area contributed by atoms with Crippen molar-refractivity contribution in [3.63, 3.8) is 0 Å². The average Bonchev–Trinajstić information content (AvgIpc) is 3.70. The first-order valence-corrected chi connectivity index (χ1v) is 13.7. The van der Waals surface area contributed by atoms with E-state index in [-0.39, 0.29) is 48.0 Å². The van der Waals surface area contributed by atoms with Gasteiger partial charge >= 0.3 is 5.97 Å². The molecule has 0 amide bonds. The summed E-state index contributed by atoms with van der Waals surface area (Å²) >= 11 is 0. The molecule has 5 nitrogen and oxygen atoms in total. The van der Waals surface area contributed by atoms with Crippen molar-refractivity contribution >= 4 is 5.97 Å². The highest BCUT2D eigenvalue weighted by Crippen LogP contribution is 2.57. The van der Waals surface area contributed by atoms with E-state index in [1.165, 1.54) is 13.2 Å². The van der Waals surface area contributed by atoms with Crippen molar-refractivity contribution in [1.82, 2.24) is 0 Å². The molecule has 1 aliphatic carbocycles. The smallest absolute Gasteiger partial charge is 0.306 e. The number of benzene rings is 3. The van der Waals surface area contributed by atoms with Crippen molar-refractivity contribution < 1.29 is 32.5 Å². The van der Waals surface area contributed by atoms with E-state index in [9.17, 15) is 4.79 Å². The van der Waals surface area contributed by atoms with Crippen molar-refractivity contribution in [1.29, 1.82) is 0 Å². The fraction of sp³-hybridized carbons (Fsp3) is 0.424. The highest BCUT2D eigenvalue weighted by Gasteiger charge is 2.46. The van der Waals surface area contributed by atoms with Gasteiger partial charge in [0.15, 0.2) is 11.6 Å². The van der Waals surface area contributed by atoms with Crippen molar-refractivity contribution in [3.05, 3.63) is 82.9 Å². The summed E-state index contributed by atoms with van der Waals surface area (Å²) < 4.78 is 52.7. The number of esters is 1. The Kier molecular flexibility index (Phi) is 9.46.